The first-order valence-electron chi connectivity index (χ1n) is 11.3. The zero-order valence-electron chi connectivity index (χ0n) is 18.2. The average molecular weight is 491 g/mol. The molecule has 0 bridgehead atoms. The third-order valence-corrected chi connectivity index (χ3v) is 9.66. The van der Waals surface area contributed by atoms with Gasteiger partial charge in [0.1, 0.15) is 16.5 Å². The van der Waals surface area contributed by atoms with Gasteiger partial charge in [-0.05, 0) is 61.9 Å². The summed E-state index contributed by atoms with van der Waals surface area (Å²) in [6, 6.07) is 6.40. The molecule has 1 aromatic carbocycles. The van der Waals surface area contributed by atoms with Crippen LogP contribution in [0.25, 0.3) is 10.2 Å². The standard InChI is InChI=1S/C23H27ClN4O2S2/c1-2-5-20-25-22(21-18-6-3-4-7-19(18)31-23(21)26-20)27-12-14-28(15-13-27)32(29,30)17-10-8-16(24)9-11-17/h8-11H,2-7,12-15H2,1H3. The Kier molecular flexibility index (Phi) is 6.13. The molecule has 0 unspecified atom stereocenters. The molecule has 0 N–H and O–H groups in total. The van der Waals surface area contributed by atoms with E-state index >= 15 is 0 Å². The largest absolute Gasteiger partial charge is 0.353 e. The summed E-state index contributed by atoms with van der Waals surface area (Å²) in [7, 11) is -3.53. The van der Waals surface area contributed by atoms with Crippen molar-refractivity contribution in [2.45, 2.75) is 50.3 Å². The minimum atomic E-state index is -3.53. The van der Waals surface area contributed by atoms with Gasteiger partial charge in [-0.1, -0.05) is 18.5 Å². The minimum Gasteiger partial charge on any atom is -0.353 e. The van der Waals surface area contributed by atoms with Gasteiger partial charge in [-0.3, -0.25) is 0 Å². The Balaban J connectivity index is 1.44. The molecule has 1 saturated heterocycles. The molecule has 0 saturated carbocycles. The van der Waals surface area contributed by atoms with Crippen molar-refractivity contribution >= 4 is 49.0 Å². The second-order valence-electron chi connectivity index (χ2n) is 8.45. The molecule has 32 heavy (non-hydrogen) atoms. The molecule has 3 aromatic rings. The number of hydrogen-bond donors (Lipinski definition) is 0. The molecule has 5 rings (SSSR count). The van der Waals surface area contributed by atoms with Crippen LogP contribution in [0, 0.1) is 0 Å². The van der Waals surface area contributed by atoms with Crippen LogP contribution >= 0.6 is 22.9 Å². The highest BCUT2D eigenvalue weighted by atomic mass is 35.5. The average Bonchev–Trinajstić information content (AvgIpc) is 3.17. The Hall–Kier alpha value is -1.74. The number of nitrogens with zero attached hydrogens (tertiary/aromatic N) is 4. The fourth-order valence-electron chi connectivity index (χ4n) is 4.64. The van der Waals surface area contributed by atoms with Crippen molar-refractivity contribution in [2.75, 3.05) is 31.1 Å². The lowest BCUT2D eigenvalue weighted by atomic mass is 9.97. The number of sulfonamides is 1. The van der Waals surface area contributed by atoms with Crippen LogP contribution in [0.15, 0.2) is 29.2 Å². The molecule has 2 aromatic heterocycles. The quantitative estimate of drug-likeness (QED) is 0.519. The summed E-state index contributed by atoms with van der Waals surface area (Å²) < 4.78 is 27.7. The van der Waals surface area contributed by atoms with E-state index in [0.29, 0.717) is 31.2 Å². The smallest absolute Gasteiger partial charge is 0.243 e. The van der Waals surface area contributed by atoms with Gasteiger partial charge in [-0.2, -0.15) is 4.31 Å². The number of hydrogen-bond acceptors (Lipinski definition) is 6. The molecule has 6 nitrogen and oxygen atoms in total. The van der Waals surface area contributed by atoms with Crippen LogP contribution in [0.5, 0.6) is 0 Å². The molecule has 9 heteroatoms. The van der Waals surface area contributed by atoms with Crippen molar-refractivity contribution in [1.29, 1.82) is 0 Å². The maximum atomic E-state index is 13.1. The van der Waals surface area contributed by atoms with Gasteiger partial charge in [-0.15, -0.1) is 11.3 Å². The molecule has 170 valence electrons. The van der Waals surface area contributed by atoms with Gasteiger partial charge in [0.15, 0.2) is 0 Å². The summed E-state index contributed by atoms with van der Waals surface area (Å²) >= 11 is 7.76. The van der Waals surface area contributed by atoms with Crippen molar-refractivity contribution in [3.63, 3.8) is 0 Å². The number of fused-ring (bicyclic) bond motifs is 3. The maximum absolute atomic E-state index is 13.1. The summed E-state index contributed by atoms with van der Waals surface area (Å²) in [6.07, 6.45) is 6.53. The van der Waals surface area contributed by atoms with Gasteiger partial charge in [0.25, 0.3) is 0 Å². The fraction of sp³-hybridized carbons (Fsp3) is 0.478. The molecule has 0 spiro atoms. The van der Waals surface area contributed by atoms with Crippen molar-refractivity contribution in [2.24, 2.45) is 0 Å². The SMILES string of the molecule is CCCc1nc(N2CCN(S(=O)(=O)c3ccc(Cl)cc3)CC2)c2c3c(sc2n1)CCCC3. The minimum absolute atomic E-state index is 0.289. The van der Waals surface area contributed by atoms with E-state index in [2.05, 4.69) is 11.8 Å². The van der Waals surface area contributed by atoms with Crippen LogP contribution in [-0.4, -0.2) is 48.9 Å². The maximum Gasteiger partial charge on any atom is 0.243 e. The Morgan fingerprint density at radius 3 is 2.47 bits per heavy atom. The molecule has 0 atom stereocenters. The van der Waals surface area contributed by atoms with E-state index < -0.39 is 10.0 Å². The first kappa shape index (κ1) is 22.1. The zero-order valence-corrected chi connectivity index (χ0v) is 20.6. The van der Waals surface area contributed by atoms with E-state index in [-0.39, 0.29) is 4.90 Å². The second-order valence-corrected chi connectivity index (χ2v) is 11.9. The number of aromatic nitrogens is 2. The van der Waals surface area contributed by atoms with E-state index in [1.54, 1.807) is 28.6 Å². The Labute approximate surface area is 198 Å². The predicted molar refractivity (Wildman–Crippen MR) is 130 cm³/mol. The summed E-state index contributed by atoms with van der Waals surface area (Å²) in [6.45, 7) is 4.26. The lowest BCUT2D eigenvalue weighted by molar-refractivity contribution is 0.384. The number of benzene rings is 1. The highest BCUT2D eigenvalue weighted by Crippen LogP contribution is 2.40. The van der Waals surface area contributed by atoms with Crippen molar-refractivity contribution in [3.05, 3.63) is 45.6 Å². The lowest BCUT2D eigenvalue weighted by Gasteiger charge is -2.35. The lowest BCUT2D eigenvalue weighted by Crippen LogP contribution is -2.49. The van der Waals surface area contributed by atoms with Crippen LogP contribution in [0.1, 0.15) is 42.5 Å². The molecule has 1 aliphatic heterocycles. The van der Waals surface area contributed by atoms with Crippen molar-refractivity contribution in [3.8, 4) is 0 Å². The van der Waals surface area contributed by atoms with Gasteiger partial charge >= 0.3 is 0 Å². The molecule has 0 amide bonds. The Morgan fingerprint density at radius 1 is 1.03 bits per heavy atom. The first-order chi connectivity index (χ1) is 15.5. The van der Waals surface area contributed by atoms with Gasteiger partial charge in [0, 0.05) is 42.5 Å². The van der Waals surface area contributed by atoms with Gasteiger partial charge in [-0.25, -0.2) is 18.4 Å². The van der Waals surface area contributed by atoms with Crippen molar-refractivity contribution < 1.29 is 8.42 Å². The molecule has 3 heterocycles. The van der Waals surface area contributed by atoms with Crippen LogP contribution in [0.2, 0.25) is 5.02 Å². The van der Waals surface area contributed by atoms with E-state index in [9.17, 15) is 8.42 Å². The number of anilines is 1. The van der Waals surface area contributed by atoms with Gasteiger partial charge < -0.3 is 4.90 Å². The van der Waals surface area contributed by atoms with Crippen LogP contribution in [0.3, 0.4) is 0 Å². The number of rotatable bonds is 5. The van der Waals surface area contributed by atoms with Crippen LogP contribution < -0.4 is 4.90 Å². The number of aryl methyl sites for hydroxylation is 3. The molecule has 0 radical (unpaired) electrons. The highest BCUT2D eigenvalue weighted by Gasteiger charge is 2.31. The normalized spacial score (nSPS) is 17.6. The number of thiophene rings is 1. The van der Waals surface area contributed by atoms with Crippen LogP contribution in [-0.2, 0) is 29.3 Å². The summed E-state index contributed by atoms with van der Waals surface area (Å²) in [4.78, 5) is 15.0. The second kappa shape index (κ2) is 8.89. The first-order valence-corrected chi connectivity index (χ1v) is 13.9. The molecule has 1 aliphatic carbocycles. The Morgan fingerprint density at radius 2 is 1.75 bits per heavy atom. The van der Waals surface area contributed by atoms with Crippen LogP contribution in [0.4, 0.5) is 5.82 Å². The third-order valence-electron chi connectivity index (χ3n) is 6.31. The van der Waals surface area contributed by atoms with E-state index in [4.69, 9.17) is 21.6 Å². The molecule has 1 fully saturated rings. The molecule has 2 aliphatic rings. The summed E-state index contributed by atoms with van der Waals surface area (Å²) in [5.74, 6) is 1.89. The van der Waals surface area contributed by atoms with E-state index in [1.807, 2.05) is 11.3 Å². The predicted octanol–water partition coefficient (Wildman–Crippen LogP) is 4.69. The van der Waals surface area contributed by atoms with Gasteiger partial charge in [0.05, 0.1) is 10.3 Å². The fourth-order valence-corrected chi connectivity index (χ4v) is 7.46. The van der Waals surface area contributed by atoms with E-state index in [1.165, 1.54) is 28.7 Å². The van der Waals surface area contributed by atoms with Crippen molar-refractivity contribution in [1.82, 2.24) is 14.3 Å². The summed E-state index contributed by atoms with van der Waals surface area (Å²) in [5.41, 5.74) is 1.42. The van der Waals surface area contributed by atoms with E-state index in [0.717, 1.165) is 42.2 Å². The highest BCUT2D eigenvalue weighted by molar-refractivity contribution is 7.89. The zero-order chi connectivity index (χ0) is 22.3. The number of piperazine rings is 1. The molecular formula is C23H27ClN4O2S2. The molecular weight excluding hydrogens is 464 g/mol. The van der Waals surface area contributed by atoms with Gasteiger partial charge in [0.2, 0.25) is 10.0 Å². The summed E-state index contributed by atoms with van der Waals surface area (Å²) in [5, 5.41) is 1.74. The Bertz CT molecular complexity index is 1230. The number of halogens is 1. The monoisotopic (exact) mass is 490 g/mol. The third kappa shape index (κ3) is 4.02. The topological polar surface area (TPSA) is 66.4 Å².